The molecule has 2 heterocycles. The highest BCUT2D eigenvalue weighted by molar-refractivity contribution is 5.27. The second-order valence-corrected chi connectivity index (χ2v) is 6.56. The lowest BCUT2D eigenvalue weighted by molar-refractivity contribution is 0.261. The highest BCUT2D eigenvalue weighted by Gasteiger charge is 2.29. The van der Waals surface area contributed by atoms with E-state index in [1.807, 2.05) is 0 Å². The Bertz CT molecular complexity index is 410. The monoisotopic (exact) mass is 235 g/mol. The largest absolute Gasteiger partial charge is 0.329 e. The predicted molar refractivity (Wildman–Crippen MR) is 71.4 cm³/mol. The van der Waals surface area contributed by atoms with Crippen molar-refractivity contribution in [2.75, 3.05) is 13.6 Å². The molecule has 1 aromatic rings. The molecule has 0 bridgehead atoms. The first-order valence-corrected chi connectivity index (χ1v) is 6.59. The van der Waals surface area contributed by atoms with Gasteiger partial charge in [0.25, 0.3) is 0 Å². The van der Waals surface area contributed by atoms with Gasteiger partial charge in [0.1, 0.15) is 5.82 Å². The van der Waals surface area contributed by atoms with Crippen LogP contribution >= 0.6 is 0 Å². The zero-order valence-electron chi connectivity index (χ0n) is 12.0. The molecule has 0 atom stereocenters. The highest BCUT2D eigenvalue weighted by atomic mass is 15.2. The Kier molecular flexibility index (Phi) is 3.06. The number of fused-ring (bicyclic) bond motifs is 1. The summed E-state index contributed by atoms with van der Waals surface area (Å²) < 4.78 is 2.45. The number of hydrogen-bond donors (Lipinski definition) is 0. The molecular formula is C14H25N3. The molecule has 0 N–H and O–H groups in total. The van der Waals surface area contributed by atoms with E-state index in [-0.39, 0.29) is 5.41 Å². The van der Waals surface area contributed by atoms with Crippen molar-refractivity contribution in [2.24, 2.45) is 0 Å². The fourth-order valence-electron chi connectivity index (χ4n) is 2.61. The third kappa shape index (κ3) is 2.25. The summed E-state index contributed by atoms with van der Waals surface area (Å²) in [7, 11) is 2.17. The van der Waals surface area contributed by atoms with E-state index in [1.54, 1.807) is 0 Å². The van der Waals surface area contributed by atoms with Crippen LogP contribution in [0.5, 0.6) is 0 Å². The van der Waals surface area contributed by atoms with E-state index >= 15 is 0 Å². The summed E-state index contributed by atoms with van der Waals surface area (Å²) in [5, 5.41) is 0. The van der Waals surface area contributed by atoms with Gasteiger partial charge in [-0.25, -0.2) is 4.98 Å². The Hall–Kier alpha value is -0.830. The second-order valence-electron chi connectivity index (χ2n) is 6.56. The molecule has 3 heteroatoms. The van der Waals surface area contributed by atoms with E-state index in [9.17, 15) is 0 Å². The van der Waals surface area contributed by atoms with Gasteiger partial charge in [-0.05, 0) is 13.0 Å². The summed E-state index contributed by atoms with van der Waals surface area (Å²) >= 11 is 0. The van der Waals surface area contributed by atoms with E-state index in [2.05, 4.69) is 51.1 Å². The van der Waals surface area contributed by atoms with Gasteiger partial charge in [-0.3, -0.25) is 4.90 Å². The first-order chi connectivity index (χ1) is 7.80. The molecule has 0 unspecified atom stereocenters. The molecule has 0 saturated carbocycles. The Morgan fingerprint density at radius 2 is 1.82 bits per heavy atom. The van der Waals surface area contributed by atoms with Gasteiger partial charge in [-0.15, -0.1) is 0 Å². The van der Waals surface area contributed by atoms with Crippen LogP contribution in [-0.4, -0.2) is 28.0 Å². The Labute approximate surface area is 105 Å². The minimum absolute atomic E-state index is 0.141. The van der Waals surface area contributed by atoms with Crippen LogP contribution in [0.4, 0.5) is 0 Å². The number of imidazole rings is 1. The zero-order valence-corrected chi connectivity index (χ0v) is 12.0. The van der Waals surface area contributed by atoms with Gasteiger partial charge in [0.2, 0.25) is 0 Å². The molecule has 3 nitrogen and oxygen atoms in total. The molecule has 0 radical (unpaired) electrons. The van der Waals surface area contributed by atoms with E-state index in [0.717, 1.165) is 19.6 Å². The standard InChI is InChI=1S/C14H25N3/c1-10(2)12-13(14(3,4)5)15-11-9-16(6)7-8-17(11)12/h10H,7-9H2,1-6H3. The van der Waals surface area contributed by atoms with Crippen LogP contribution in [0, 0.1) is 0 Å². The van der Waals surface area contributed by atoms with Crippen LogP contribution in [-0.2, 0) is 18.5 Å². The Morgan fingerprint density at radius 3 is 2.35 bits per heavy atom. The van der Waals surface area contributed by atoms with Gasteiger partial charge in [0.15, 0.2) is 0 Å². The quantitative estimate of drug-likeness (QED) is 0.746. The lowest BCUT2D eigenvalue weighted by atomic mass is 9.88. The first-order valence-electron chi connectivity index (χ1n) is 6.59. The maximum Gasteiger partial charge on any atom is 0.123 e. The van der Waals surface area contributed by atoms with Gasteiger partial charge in [0, 0.05) is 24.2 Å². The third-order valence-corrected chi connectivity index (χ3v) is 3.46. The van der Waals surface area contributed by atoms with Crippen LogP contribution in [0.15, 0.2) is 0 Å². The lowest BCUT2D eigenvalue weighted by Gasteiger charge is -2.26. The Balaban J connectivity index is 2.54. The number of nitrogens with zero attached hydrogens (tertiary/aromatic N) is 3. The minimum Gasteiger partial charge on any atom is -0.329 e. The summed E-state index contributed by atoms with van der Waals surface area (Å²) in [5.74, 6) is 1.79. The van der Waals surface area contributed by atoms with Gasteiger partial charge < -0.3 is 4.57 Å². The second kappa shape index (κ2) is 4.13. The zero-order chi connectivity index (χ0) is 12.8. The van der Waals surface area contributed by atoms with E-state index in [1.165, 1.54) is 17.2 Å². The molecule has 1 aromatic heterocycles. The molecule has 1 aliphatic rings. The van der Waals surface area contributed by atoms with E-state index in [4.69, 9.17) is 4.98 Å². The van der Waals surface area contributed by atoms with Crippen LogP contribution in [0.1, 0.15) is 57.7 Å². The molecule has 1 aliphatic heterocycles. The summed E-state index contributed by atoms with van der Waals surface area (Å²) in [6, 6.07) is 0. The summed E-state index contributed by atoms with van der Waals surface area (Å²) in [6.45, 7) is 14.5. The number of aromatic nitrogens is 2. The van der Waals surface area contributed by atoms with Crippen molar-refractivity contribution in [1.82, 2.24) is 14.5 Å². The average Bonchev–Trinajstić information content (AvgIpc) is 2.55. The first kappa shape index (κ1) is 12.6. The van der Waals surface area contributed by atoms with Gasteiger partial charge in [0.05, 0.1) is 12.2 Å². The van der Waals surface area contributed by atoms with Crippen molar-refractivity contribution in [1.29, 1.82) is 0 Å². The molecule has 0 amide bonds. The predicted octanol–water partition coefficient (Wildman–Crippen LogP) is 2.75. The van der Waals surface area contributed by atoms with Gasteiger partial charge >= 0.3 is 0 Å². The van der Waals surface area contributed by atoms with Crippen molar-refractivity contribution in [3.8, 4) is 0 Å². The molecular weight excluding hydrogens is 210 g/mol. The van der Waals surface area contributed by atoms with Crippen molar-refractivity contribution < 1.29 is 0 Å². The summed E-state index contributed by atoms with van der Waals surface area (Å²) in [6.07, 6.45) is 0. The van der Waals surface area contributed by atoms with Crippen LogP contribution in [0.3, 0.4) is 0 Å². The van der Waals surface area contributed by atoms with Crippen LogP contribution in [0.25, 0.3) is 0 Å². The minimum atomic E-state index is 0.141. The van der Waals surface area contributed by atoms with Crippen molar-refractivity contribution in [3.05, 3.63) is 17.2 Å². The maximum atomic E-state index is 4.91. The maximum absolute atomic E-state index is 4.91. The summed E-state index contributed by atoms with van der Waals surface area (Å²) in [5.41, 5.74) is 2.88. The van der Waals surface area contributed by atoms with E-state index in [0.29, 0.717) is 5.92 Å². The van der Waals surface area contributed by atoms with Gasteiger partial charge in [-0.1, -0.05) is 34.6 Å². The van der Waals surface area contributed by atoms with Crippen molar-refractivity contribution >= 4 is 0 Å². The third-order valence-electron chi connectivity index (χ3n) is 3.46. The van der Waals surface area contributed by atoms with E-state index < -0.39 is 0 Å². The molecule has 0 saturated heterocycles. The van der Waals surface area contributed by atoms with Gasteiger partial charge in [-0.2, -0.15) is 0 Å². The molecule has 96 valence electrons. The fraction of sp³-hybridized carbons (Fsp3) is 0.786. The lowest BCUT2D eigenvalue weighted by Crippen LogP contribution is -2.31. The number of rotatable bonds is 1. The number of hydrogen-bond acceptors (Lipinski definition) is 2. The smallest absolute Gasteiger partial charge is 0.123 e. The number of likely N-dealkylation sites (N-methyl/N-ethyl adjacent to an activating group) is 1. The Morgan fingerprint density at radius 1 is 1.18 bits per heavy atom. The molecule has 0 aliphatic carbocycles. The average molecular weight is 235 g/mol. The SMILES string of the molecule is CC(C)c1c(C(C)(C)C)nc2n1CCN(C)C2. The van der Waals surface area contributed by atoms with Crippen molar-refractivity contribution in [3.63, 3.8) is 0 Å². The molecule has 17 heavy (non-hydrogen) atoms. The normalized spacial score (nSPS) is 17.6. The molecule has 2 rings (SSSR count). The highest BCUT2D eigenvalue weighted by Crippen LogP contribution is 2.32. The molecule has 0 spiro atoms. The summed E-state index contributed by atoms with van der Waals surface area (Å²) in [4.78, 5) is 7.26. The van der Waals surface area contributed by atoms with Crippen LogP contribution < -0.4 is 0 Å². The topological polar surface area (TPSA) is 21.1 Å². The fourth-order valence-corrected chi connectivity index (χ4v) is 2.61. The molecule has 0 fully saturated rings. The van der Waals surface area contributed by atoms with Crippen LogP contribution in [0.2, 0.25) is 0 Å². The molecule has 0 aromatic carbocycles. The van der Waals surface area contributed by atoms with Crippen molar-refractivity contribution in [2.45, 2.75) is 59.0 Å².